The molecule has 1 aromatic heterocycles. The lowest BCUT2D eigenvalue weighted by Gasteiger charge is -2.15. The number of hydrogen-bond acceptors (Lipinski definition) is 7. The SMILES string of the molecule is COC(=O)c1sccc1S(=O)(=O)NC(=O)[C@@H](OC)c1ccccc1. The third-order valence-corrected chi connectivity index (χ3v) is 5.51. The van der Waals surface area contributed by atoms with Gasteiger partial charge in [0.25, 0.3) is 15.9 Å². The molecule has 0 aliphatic heterocycles. The molecule has 7 nitrogen and oxygen atoms in total. The number of esters is 1. The molecule has 0 aliphatic carbocycles. The second kappa shape index (κ2) is 7.56. The van der Waals surface area contributed by atoms with Gasteiger partial charge in [-0.1, -0.05) is 30.3 Å². The highest BCUT2D eigenvalue weighted by atomic mass is 32.2. The third-order valence-electron chi connectivity index (χ3n) is 3.10. The zero-order chi connectivity index (χ0) is 17.7. The summed E-state index contributed by atoms with van der Waals surface area (Å²) in [4.78, 5) is 23.5. The lowest BCUT2D eigenvalue weighted by Crippen LogP contribution is -2.35. The standard InChI is InChI=1S/C15H15NO6S2/c1-21-12(10-6-4-3-5-7-10)14(17)16-24(19,20)11-8-9-23-13(11)15(18)22-2/h3-9,12H,1-2H3,(H,16,17)/t12-/m0/s1. The van der Waals surface area contributed by atoms with E-state index in [1.807, 2.05) is 4.72 Å². The number of benzene rings is 1. The van der Waals surface area contributed by atoms with Crippen molar-refractivity contribution in [3.05, 3.63) is 52.2 Å². The smallest absolute Gasteiger partial charge is 0.349 e. The fourth-order valence-corrected chi connectivity index (χ4v) is 4.33. The van der Waals surface area contributed by atoms with Gasteiger partial charge in [0.1, 0.15) is 9.77 Å². The highest BCUT2D eigenvalue weighted by Gasteiger charge is 2.29. The van der Waals surface area contributed by atoms with E-state index in [1.165, 1.54) is 18.6 Å². The van der Waals surface area contributed by atoms with Crippen molar-refractivity contribution in [2.75, 3.05) is 14.2 Å². The van der Waals surface area contributed by atoms with Crippen LogP contribution >= 0.6 is 11.3 Å². The van der Waals surface area contributed by atoms with Gasteiger partial charge >= 0.3 is 5.97 Å². The summed E-state index contributed by atoms with van der Waals surface area (Å²) in [5.74, 6) is -1.64. The molecule has 24 heavy (non-hydrogen) atoms. The van der Waals surface area contributed by atoms with Crippen molar-refractivity contribution < 1.29 is 27.5 Å². The first-order valence-corrected chi connectivity index (χ1v) is 9.07. The lowest BCUT2D eigenvalue weighted by molar-refractivity contribution is -0.129. The van der Waals surface area contributed by atoms with Gasteiger partial charge in [0.15, 0.2) is 6.10 Å². The quantitative estimate of drug-likeness (QED) is 0.779. The molecule has 1 heterocycles. The van der Waals surface area contributed by atoms with Gasteiger partial charge in [0, 0.05) is 7.11 Å². The van der Waals surface area contributed by atoms with Crippen molar-refractivity contribution in [3.8, 4) is 0 Å². The van der Waals surface area contributed by atoms with E-state index in [-0.39, 0.29) is 9.77 Å². The topological polar surface area (TPSA) is 98.8 Å². The van der Waals surface area contributed by atoms with Crippen LogP contribution in [0.4, 0.5) is 0 Å². The first-order valence-electron chi connectivity index (χ1n) is 6.71. The van der Waals surface area contributed by atoms with Gasteiger partial charge in [0.2, 0.25) is 0 Å². The lowest BCUT2D eigenvalue weighted by atomic mass is 10.1. The van der Waals surface area contributed by atoms with Crippen LogP contribution in [-0.2, 0) is 24.3 Å². The summed E-state index contributed by atoms with van der Waals surface area (Å²) in [6.07, 6.45) is -1.10. The maximum absolute atomic E-state index is 12.4. The molecule has 0 saturated carbocycles. The molecule has 0 fully saturated rings. The van der Waals surface area contributed by atoms with E-state index >= 15 is 0 Å². The molecule has 2 aromatic rings. The minimum Gasteiger partial charge on any atom is -0.465 e. The number of thiophene rings is 1. The molecule has 1 amide bonds. The molecule has 0 radical (unpaired) electrons. The van der Waals surface area contributed by atoms with E-state index in [4.69, 9.17) is 4.74 Å². The van der Waals surface area contributed by atoms with Crippen LogP contribution in [0.25, 0.3) is 0 Å². The Morgan fingerprint density at radius 1 is 1.12 bits per heavy atom. The Balaban J connectivity index is 2.27. The summed E-state index contributed by atoms with van der Waals surface area (Å²) in [7, 11) is -1.79. The fraction of sp³-hybridized carbons (Fsp3) is 0.200. The molecule has 1 aromatic carbocycles. The number of carbonyl (C=O) groups is 2. The number of hydrogen-bond donors (Lipinski definition) is 1. The number of sulfonamides is 1. The predicted molar refractivity (Wildman–Crippen MR) is 87.2 cm³/mol. The van der Waals surface area contributed by atoms with Gasteiger partial charge in [-0.3, -0.25) is 4.79 Å². The van der Waals surface area contributed by atoms with Gasteiger partial charge in [-0.05, 0) is 17.0 Å². The number of amides is 1. The Labute approximate surface area is 143 Å². The van der Waals surface area contributed by atoms with Crippen molar-refractivity contribution in [1.82, 2.24) is 4.72 Å². The summed E-state index contributed by atoms with van der Waals surface area (Å²) in [6.45, 7) is 0. The first-order chi connectivity index (χ1) is 11.4. The average molecular weight is 369 g/mol. The number of nitrogens with one attached hydrogen (secondary N) is 1. The van der Waals surface area contributed by atoms with E-state index in [1.54, 1.807) is 30.3 Å². The molecule has 9 heteroatoms. The predicted octanol–water partition coefficient (Wildman–Crippen LogP) is 1.73. The number of methoxy groups -OCH3 is 2. The van der Waals surface area contributed by atoms with Crippen molar-refractivity contribution in [3.63, 3.8) is 0 Å². The van der Waals surface area contributed by atoms with E-state index in [0.717, 1.165) is 18.4 Å². The van der Waals surface area contributed by atoms with Crippen LogP contribution in [0.2, 0.25) is 0 Å². The van der Waals surface area contributed by atoms with E-state index in [0.29, 0.717) is 5.56 Å². The highest BCUT2D eigenvalue weighted by Crippen LogP contribution is 2.24. The first kappa shape index (κ1) is 18.1. The molecule has 128 valence electrons. The Bertz CT molecular complexity index is 829. The van der Waals surface area contributed by atoms with Gasteiger partial charge in [-0.25, -0.2) is 17.9 Å². The third kappa shape index (κ3) is 3.81. The van der Waals surface area contributed by atoms with Crippen LogP contribution in [0.15, 0.2) is 46.7 Å². The molecule has 0 unspecified atom stereocenters. The second-order valence-electron chi connectivity index (χ2n) is 4.60. The van der Waals surface area contributed by atoms with Crippen molar-refractivity contribution >= 4 is 33.2 Å². The van der Waals surface area contributed by atoms with Crippen molar-refractivity contribution in [1.29, 1.82) is 0 Å². The van der Waals surface area contributed by atoms with Crippen LogP contribution < -0.4 is 4.72 Å². The zero-order valence-electron chi connectivity index (χ0n) is 12.9. The molecule has 1 atom stereocenters. The molecular weight excluding hydrogens is 354 g/mol. The van der Waals surface area contributed by atoms with Crippen molar-refractivity contribution in [2.24, 2.45) is 0 Å². The molecule has 0 spiro atoms. The monoisotopic (exact) mass is 369 g/mol. The molecule has 1 N–H and O–H groups in total. The summed E-state index contributed by atoms with van der Waals surface area (Å²) in [5.41, 5.74) is 0.506. The van der Waals surface area contributed by atoms with E-state index in [9.17, 15) is 18.0 Å². The number of rotatable bonds is 6. The maximum atomic E-state index is 12.4. The largest absolute Gasteiger partial charge is 0.465 e. The summed E-state index contributed by atoms with van der Waals surface area (Å²) in [6, 6.07) is 9.69. The molecule has 0 bridgehead atoms. The summed E-state index contributed by atoms with van der Waals surface area (Å²) < 4.78 is 36.4. The second-order valence-corrected chi connectivity index (χ2v) is 7.17. The number of carbonyl (C=O) groups excluding carboxylic acids is 2. The van der Waals surface area contributed by atoms with Crippen LogP contribution in [0.5, 0.6) is 0 Å². The van der Waals surface area contributed by atoms with Crippen LogP contribution in [-0.4, -0.2) is 34.5 Å². The highest BCUT2D eigenvalue weighted by molar-refractivity contribution is 7.90. The van der Waals surface area contributed by atoms with Gasteiger partial charge in [-0.2, -0.15) is 0 Å². The molecule has 0 saturated heterocycles. The Kier molecular flexibility index (Phi) is 5.71. The minimum atomic E-state index is -4.24. The Hall–Kier alpha value is -2.23. The number of ether oxygens (including phenoxy) is 2. The van der Waals surface area contributed by atoms with E-state index < -0.39 is 28.0 Å². The Morgan fingerprint density at radius 3 is 2.38 bits per heavy atom. The van der Waals surface area contributed by atoms with Gasteiger partial charge in [0.05, 0.1) is 7.11 Å². The Morgan fingerprint density at radius 2 is 1.79 bits per heavy atom. The zero-order valence-corrected chi connectivity index (χ0v) is 14.5. The molecule has 0 aliphatic rings. The van der Waals surface area contributed by atoms with Crippen LogP contribution in [0.1, 0.15) is 21.3 Å². The maximum Gasteiger partial charge on any atom is 0.349 e. The summed E-state index contributed by atoms with van der Waals surface area (Å²) in [5, 5.41) is 1.43. The fourth-order valence-electron chi connectivity index (χ4n) is 2.01. The van der Waals surface area contributed by atoms with Crippen LogP contribution in [0.3, 0.4) is 0 Å². The summed E-state index contributed by atoms with van der Waals surface area (Å²) >= 11 is 0.910. The van der Waals surface area contributed by atoms with Gasteiger partial charge in [-0.15, -0.1) is 11.3 Å². The normalized spacial score (nSPS) is 12.4. The minimum absolute atomic E-state index is 0.105. The molecular formula is C15H15NO6S2. The van der Waals surface area contributed by atoms with Crippen LogP contribution in [0, 0.1) is 0 Å². The van der Waals surface area contributed by atoms with E-state index in [2.05, 4.69) is 4.74 Å². The van der Waals surface area contributed by atoms with Gasteiger partial charge < -0.3 is 9.47 Å². The van der Waals surface area contributed by atoms with Crippen molar-refractivity contribution in [2.45, 2.75) is 11.0 Å². The average Bonchev–Trinajstić information content (AvgIpc) is 3.06. The molecule has 2 rings (SSSR count).